The number of hydrogen-bond acceptors (Lipinski definition) is 10. The van der Waals surface area contributed by atoms with Gasteiger partial charge in [-0.05, 0) is 37.3 Å². The van der Waals surface area contributed by atoms with E-state index in [4.69, 9.17) is 20.7 Å². The van der Waals surface area contributed by atoms with E-state index in [1.807, 2.05) is 31.2 Å². The molecule has 6 N–H and O–H groups in total. The van der Waals surface area contributed by atoms with Gasteiger partial charge in [0.1, 0.15) is 30.0 Å². The van der Waals surface area contributed by atoms with Crippen molar-refractivity contribution in [2.45, 2.75) is 37.2 Å². The second kappa shape index (κ2) is 8.67. The number of ether oxygens (including phenoxy) is 1. The third-order valence-electron chi connectivity index (χ3n) is 5.84. The molecule has 1 aromatic carbocycles. The molecule has 172 valence electrons. The highest BCUT2D eigenvalue weighted by Crippen LogP contribution is 2.35. The minimum Gasteiger partial charge on any atom is -0.399 e. The number of thioether (sulfide) groups is 1. The van der Waals surface area contributed by atoms with Crippen LogP contribution in [0, 0.1) is 6.92 Å². The number of nitrogen functional groups attached to an aromatic ring is 2. The number of anilines is 2. The zero-order chi connectivity index (χ0) is 23.1. The van der Waals surface area contributed by atoms with Crippen LogP contribution in [0.5, 0.6) is 0 Å². The molecule has 4 heterocycles. The second-order valence-electron chi connectivity index (χ2n) is 7.98. The van der Waals surface area contributed by atoms with Crippen LogP contribution in [0.2, 0.25) is 0 Å². The van der Waals surface area contributed by atoms with E-state index in [2.05, 4.69) is 15.1 Å². The zero-order valence-electron chi connectivity index (χ0n) is 17.8. The first kappa shape index (κ1) is 21.7. The van der Waals surface area contributed by atoms with Gasteiger partial charge in [-0.1, -0.05) is 5.16 Å². The molecule has 0 saturated carbocycles. The molecule has 33 heavy (non-hydrogen) atoms. The predicted molar refractivity (Wildman–Crippen MR) is 125 cm³/mol. The highest BCUT2D eigenvalue weighted by molar-refractivity contribution is 7.98. The molecular weight excluding hydrogens is 444 g/mol. The van der Waals surface area contributed by atoms with Gasteiger partial charge in [0.05, 0.1) is 17.2 Å². The molecule has 0 bridgehead atoms. The van der Waals surface area contributed by atoms with E-state index in [9.17, 15) is 10.2 Å². The monoisotopic (exact) mass is 468 g/mol. The van der Waals surface area contributed by atoms with Gasteiger partial charge in [-0.15, -0.1) is 0 Å². The Morgan fingerprint density at radius 3 is 2.67 bits per heavy atom. The summed E-state index contributed by atoms with van der Waals surface area (Å²) in [4.78, 5) is 8.23. The van der Waals surface area contributed by atoms with Crippen molar-refractivity contribution in [3.05, 3.63) is 54.1 Å². The van der Waals surface area contributed by atoms with Crippen LogP contribution < -0.4 is 11.5 Å². The number of nitrogens with two attached hydrogens (primary N) is 2. The molecule has 0 amide bonds. The van der Waals surface area contributed by atoms with Gasteiger partial charge in [-0.3, -0.25) is 0 Å². The first-order chi connectivity index (χ1) is 15.9. The van der Waals surface area contributed by atoms with Crippen LogP contribution in [0.1, 0.15) is 17.5 Å². The summed E-state index contributed by atoms with van der Waals surface area (Å²) in [5, 5.41) is 26.1. The fraction of sp³-hybridized carbons (Fsp3) is 0.318. The Morgan fingerprint density at radius 1 is 1.09 bits per heavy atom. The molecule has 1 aliphatic heterocycles. The normalized spacial score (nSPS) is 22.9. The lowest BCUT2D eigenvalue weighted by Crippen LogP contribution is -2.32. The van der Waals surface area contributed by atoms with Crippen molar-refractivity contribution in [3.63, 3.8) is 0 Å². The maximum absolute atomic E-state index is 10.7. The van der Waals surface area contributed by atoms with Crippen LogP contribution in [0.15, 0.2) is 47.4 Å². The molecule has 0 radical (unpaired) electrons. The zero-order valence-corrected chi connectivity index (χ0v) is 18.6. The van der Waals surface area contributed by atoms with Gasteiger partial charge in [0.25, 0.3) is 0 Å². The first-order valence-corrected chi connectivity index (χ1v) is 11.6. The molecular formula is C22H24N6O4S. The van der Waals surface area contributed by atoms with E-state index in [1.54, 1.807) is 28.6 Å². The minimum atomic E-state index is -1.11. The Kier molecular flexibility index (Phi) is 5.71. The third kappa shape index (κ3) is 3.93. The lowest BCUT2D eigenvalue weighted by Gasteiger charge is -2.17. The lowest BCUT2D eigenvalue weighted by atomic mass is 10.1. The van der Waals surface area contributed by atoms with E-state index in [1.165, 1.54) is 6.33 Å². The van der Waals surface area contributed by atoms with Crippen molar-refractivity contribution in [2.24, 2.45) is 0 Å². The molecule has 0 aliphatic carbocycles. The number of fused-ring (bicyclic) bond motifs is 1. The molecule has 4 atom stereocenters. The van der Waals surface area contributed by atoms with Gasteiger partial charge in [-0.2, -0.15) is 11.8 Å². The minimum absolute atomic E-state index is 0.347. The molecule has 1 fully saturated rings. The predicted octanol–water partition coefficient (Wildman–Crippen LogP) is 2.11. The topological polar surface area (TPSA) is 158 Å². The van der Waals surface area contributed by atoms with Gasteiger partial charge >= 0.3 is 0 Å². The van der Waals surface area contributed by atoms with Crippen LogP contribution in [-0.2, 0) is 10.5 Å². The smallest absolute Gasteiger partial charge is 0.171 e. The second-order valence-corrected chi connectivity index (χ2v) is 9.01. The largest absolute Gasteiger partial charge is 0.399 e. The number of nitrogens with zero attached hydrogens (tertiary/aromatic N) is 4. The lowest BCUT2D eigenvalue weighted by molar-refractivity contribution is -0.0285. The maximum Gasteiger partial charge on any atom is 0.171 e. The quantitative estimate of drug-likeness (QED) is 0.309. The van der Waals surface area contributed by atoms with Gasteiger partial charge in [-0.25, -0.2) is 9.97 Å². The van der Waals surface area contributed by atoms with Gasteiger partial charge < -0.3 is 35.5 Å². The molecule has 1 saturated heterocycles. The van der Waals surface area contributed by atoms with Crippen molar-refractivity contribution < 1.29 is 19.5 Å². The third-order valence-corrected chi connectivity index (χ3v) is 6.89. The van der Waals surface area contributed by atoms with E-state index >= 15 is 0 Å². The highest BCUT2D eigenvalue weighted by Gasteiger charge is 2.44. The van der Waals surface area contributed by atoms with Crippen molar-refractivity contribution in [1.82, 2.24) is 19.7 Å². The number of aromatic nitrogens is 4. The summed E-state index contributed by atoms with van der Waals surface area (Å²) >= 11 is 1.57. The first-order valence-electron chi connectivity index (χ1n) is 10.4. The molecule has 4 aromatic rings. The van der Waals surface area contributed by atoms with E-state index in [-0.39, 0.29) is 0 Å². The Balaban J connectivity index is 1.28. The van der Waals surface area contributed by atoms with Crippen LogP contribution in [0.4, 0.5) is 11.5 Å². The fourth-order valence-corrected chi connectivity index (χ4v) is 5.16. The summed E-state index contributed by atoms with van der Waals surface area (Å²) < 4.78 is 13.3. The van der Waals surface area contributed by atoms with Crippen LogP contribution >= 0.6 is 11.8 Å². The number of benzene rings is 1. The highest BCUT2D eigenvalue weighted by atomic mass is 32.2. The summed E-state index contributed by atoms with van der Waals surface area (Å²) in [6, 6.07) is 9.19. The van der Waals surface area contributed by atoms with E-state index in [0.29, 0.717) is 39.8 Å². The average molecular weight is 469 g/mol. The van der Waals surface area contributed by atoms with E-state index in [0.717, 1.165) is 16.8 Å². The number of hydrogen-bond donors (Lipinski definition) is 4. The van der Waals surface area contributed by atoms with Crippen molar-refractivity contribution in [2.75, 3.05) is 17.2 Å². The van der Waals surface area contributed by atoms with Gasteiger partial charge in [0, 0.05) is 34.5 Å². The molecule has 11 heteroatoms. The number of aliphatic hydroxyl groups is 2. The standard InChI is InChI=1S/C22H24N6O4S/c1-11-15(19(32-27-11)12-2-4-13(23)5-3-12)8-33-9-16-17(29)18(30)22(31-16)28-7-6-14-20(24)25-10-26-21(14)28/h2-7,10,16-18,22,29-30H,8-9,23H2,1H3,(H2,24,25,26)/t16-,17-,18-,22-/m1/s1. The summed E-state index contributed by atoms with van der Waals surface area (Å²) in [7, 11) is 0. The molecule has 3 aromatic heterocycles. The van der Waals surface area contributed by atoms with Crippen molar-refractivity contribution in [3.8, 4) is 11.3 Å². The fourth-order valence-electron chi connectivity index (χ4n) is 3.99. The Morgan fingerprint density at radius 2 is 1.88 bits per heavy atom. The molecule has 5 rings (SSSR count). The Bertz CT molecular complexity index is 1270. The summed E-state index contributed by atoms with van der Waals surface area (Å²) in [5.41, 5.74) is 15.6. The summed E-state index contributed by atoms with van der Waals surface area (Å²) in [6.07, 6.45) is -0.402. The average Bonchev–Trinajstić information content (AvgIpc) is 3.47. The summed E-state index contributed by atoms with van der Waals surface area (Å²) in [6.45, 7) is 1.89. The van der Waals surface area contributed by atoms with Gasteiger partial charge in [0.2, 0.25) is 0 Å². The Hall–Kier alpha value is -3.12. The van der Waals surface area contributed by atoms with Gasteiger partial charge in [0.15, 0.2) is 12.0 Å². The number of rotatable bonds is 6. The molecule has 0 unspecified atom stereocenters. The number of aryl methyl sites for hydroxylation is 1. The number of aliphatic hydroxyl groups excluding tert-OH is 2. The van der Waals surface area contributed by atoms with E-state index < -0.39 is 24.5 Å². The van der Waals surface area contributed by atoms with Crippen molar-refractivity contribution >= 4 is 34.3 Å². The van der Waals surface area contributed by atoms with Crippen LogP contribution in [0.3, 0.4) is 0 Å². The molecule has 10 nitrogen and oxygen atoms in total. The van der Waals surface area contributed by atoms with Crippen LogP contribution in [0.25, 0.3) is 22.4 Å². The van der Waals surface area contributed by atoms with Crippen LogP contribution in [-0.4, -0.2) is 54.0 Å². The maximum atomic E-state index is 10.7. The van der Waals surface area contributed by atoms with Crippen molar-refractivity contribution in [1.29, 1.82) is 0 Å². The summed E-state index contributed by atoms with van der Waals surface area (Å²) in [5.74, 6) is 2.12. The molecule has 0 spiro atoms. The molecule has 1 aliphatic rings. The Labute approximate surface area is 193 Å². The SMILES string of the molecule is Cc1noc(-c2ccc(N)cc2)c1CSC[C@H]1O[C@@H](n2ccc3c(N)ncnc32)[C@H](O)[C@@H]1O.